The topological polar surface area (TPSA) is 49.3 Å². The van der Waals surface area contributed by atoms with Crippen molar-refractivity contribution in [3.63, 3.8) is 0 Å². The Balaban J connectivity index is 2.26. The van der Waals surface area contributed by atoms with Gasteiger partial charge in [-0.25, -0.2) is 4.39 Å². The van der Waals surface area contributed by atoms with Crippen LogP contribution < -0.4 is 5.32 Å². The lowest BCUT2D eigenvalue weighted by Crippen LogP contribution is -2.20. The zero-order chi connectivity index (χ0) is 10.1. The van der Waals surface area contributed by atoms with E-state index in [0.29, 0.717) is 18.0 Å². The van der Waals surface area contributed by atoms with Crippen LogP contribution in [0.15, 0.2) is 11.4 Å². The van der Waals surface area contributed by atoms with Gasteiger partial charge >= 0.3 is 5.97 Å². The molecule has 14 heavy (non-hydrogen) atoms. The van der Waals surface area contributed by atoms with Gasteiger partial charge in [-0.1, -0.05) is 0 Å². The highest BCUT2D eigenvalue weighted by Gasteiger charge is 2.35. The highest BCUT2D eigenvalue weighted by molar-refractivity contribution is 7.10. The first-order valence-electron chi connectivity index (χ1n) is 4.36. The van der Waals surface area contributed by atoms with Crippen molar-refractivity contribution in [3.05, 3.63) is 22.1 Å². The first-order chi connectivity index (χ1) is 6.70. The number of carbonyl (C=O) groups is 1. The van der Waals surface area contributed by atoms with E-state index in [1.807, 2.05) is 0 Å². The van der Waals surface area contributed by atoms with Crippen LogP contribution in [0.3, 0.4) is 0 Å². The van der Waals surface area contributed by atoms with E-state index in [1.165, 1.54) is 17.4 Å². The molecule has 2 atom stereocenters. The molecule has 2 rings (SSSR count). The molecular weight excluding hydrogens is 205 g/mol. The lowest BCUT2D eigenvalue weighted by Gasteiger charge is -2.12. The van der Waals surface area contributed by atoms with Crippen LogP contribution in [0.4, 0.5) is 4.39 Å². The summed E-state index contributed by atoms with van der Waals surface area (Å²) in [5.41, 5.74) is 0. The molecule has 1 aromatic rings. The third-order valence-electron chi connectivity index (χ3n) is 2.51. The maximum Gasteiger partial charge on any atom is 0.308 e. The van der Waals surface area contributed by atoms with Gasteiger partial charge < -0.3 is 10.4 Å². The molecule has 1 aromatic heterocycles. The molecule has 2 N–H and O–H groups in total. The fraction of sp³-hybridized carbons (Fsp3) is 0.444. The monoisotopic (exact) mass is 215 g/mol. The minimum atomic E-state index is -0.854. The molecule has 1 aliphatic rings. The van der Waals surface area contributed by atoms with Crippen LogP contribution in [0.1, 0.15) is 10.8 Å². The number of thiophene rings is 1. The van der Waals surface area contributed by atoms with E-state index in [1.54, 1.807) is 5.38 Å². The van der Waals surface area contributed by atoms with E-state index >= 15 is 0 Å². The van der Waals surface area contributed by atoms with E-state index in [0.717, 1.165) is 0 Å². The second kappa shape index (κ2) is 3.67. The average molecular weight is 215 g/mol. The van der Waals surface area contributed by atoms with E-state index < -0.39 is 11.9 Å². The fourth-order valence-corrected chi connectivity index (χ4v) is 2.72. The van der Waals surface area contributed by atoms with Crippen LogP contribution in [0.2, 0.25) is 0 Å². The molecule has 1 fully saturated rings. The van der Waals surface area contributed by atoms with Gasteiger partial charge in [0.15, 0.2) is 0 Å². The number of halogens is 1. The van der Waals surface area contributed by atoms with Crippen LogP contribution in [0.5, 0.6) is 0 Å². The van der Waals surface area contributed by atoms with Gasteiger partial charge in [-0.05, 0) is 11.4 Å². The smallest absolute Gasteiger partial charge is 0.308 e. The molecule has 0 radical (unpaired) electrons. The predicted octanol–water partition coefficient (Wildman–Crippen LogP) is 1.27. The van der Waals surface area contributed by atoms with Gasteiger partial charge in [0.05, 0.1) is 5.92 Å². The largest absolute Gasteiger partial charge is 0.481 e. The number of nitrogens with one attached hydrogen (secondary N) is 1. The van der Waals surface area contributed by atoms with Crippen molar-refractivity contribution in [2.75, 3.05) is 13.1 Å². The lowest BCUT2D eigenvalue weighted by atomic mass is 9.94. The van der Waals surface area contributed by atoms with Gasteiger partial charge in [0.25, 0.3) is 0 Å². The third-order valence-corrected chi connectivity index (χ3v) is 3.54. The van der Waals surface area contributed by atoms with Gasteiger partial charge in [-0.15, -0.1) is 11.3 Å². The normalized spacial score (nSPS) is 26.6. The van der Waals surface area contributed by atoms with Gasteiger partial charge in [0.2, 0.25) is 0 Å². The predicted molar refractivity (Wildman–Crippen MR) is 51.0 cm³/mol. The molecule has 2 heterocycles. The minimum absolute atomic E-state index is 0.215. The molecule has 1 aliphatic heterocycles. The Labute approximate surface area is 84.6 Å². The molecule has 1 saturated heterocycles. The number of hydrogen-bond acceptors (Lipinski definition) is 3. The van der Waals surface area contributed by atoms with E-state index in [-0.39, 0.29) is 11.7 Å². The quantitative estimate of drug-likeness (QED) is 0.781. The molecule has 0 amide bonds. The Hall–Kier alpha value is -0.940. The van der Waals surface area contributed by atoms with Crippen LogP contribution >= 0.6 is 11.3 Å². The highest BCUT2D eigenvalue weighted by Crippen LogP contribution is 2.33. The summed E-state index contributed by atoms with van der Waals surface area (Å²) in [5, 5.41) is 13.5. The summed E-state index contributed by atoms with van der Waals surface area (Å²) >= 11 is 1.29. The molecule has 0 aliphatic carbocycles. The maximum absolute atomic E-state index is 13.2. The van der Waals surface area contributed by atoms with E-state index in [4.69, 9.17) is 5.11 Å². The summed E-state index contributed by atoms with van der Waals surface area (Å²) < 4.78 is 13.2. The Bertz CT molecular complexity index is 352. The zero-order valence-electron chi connectivity index (χ0n) is 7.37. The summed E-state index contributed by atoms with van der Waals surface area (Å²) in [6, 6.07) is 1.39. The summed E-state index contributed by atoms with van der Waals surface area (Å²) in [5.74, 6) is -1.85. The highest BCUT2D eigenvalue weighted by atomic mass is 32.1. The van der Waals surface area contributed by atoms with Gasteiger partial charge in [0.1, 0.15) is 5.82 Å². The molecule has 2 unspecified atom stereocenters. The van der Waals surface area contributed by atoms with Crippen LogP contribution in [0.25, 0.3) is 0 Å². The Morgan fingerprint density at radius 2 is 2.43 bits per heavy atom. The van der Waals surface area contributed by atoms with Gasteiger partial charge in [-0.3, -0.25) is 4.79 Å². The summed E-state index contributed by atoms with van der Waals surface area (Å²) in [7, 11) is 0. The van der Waals surface area contributed by atoms with Gasteiger partial charge in [-0.2, -0.15) is 0 Å². The second-order valence-corrected chi connectivity index (χ2v) is 4.29. The average Bonchev–Trinajstić information content (AvgIpc) is 2.70. The first-order valence-corrected chi connectivity index (χ1v) is 5.24. The molecule has 76 valence electrons. The Morgan fingerprint density at radius 1 is 1.64 bits per heavy atom. The van der Waals surface area contributed by atoms with Crippen molar-refractivity contribution in [3.8, 4) is 0 Å². The molecule has 0 aromatic carbocycles. The maximum atomic E-state index is 13.2. The van der Waals surface area contributed by atoms with Crippen LogP contribution in [-0.2, 0) is 4.79 Å². The minimum Gasteiger partial charge on any atom is -0.481 e. The van der Waals surface area contributed by atoms with E-state index in [9.17, 15) is 9.18 Å². The summed E-state index contributed by atoms with van der Waals surface area (Å²) in [6.07, 6.45) is 0. The number of aliphatic carboxylic acids is 1. The third kappa shape index (κ3) is 1.53. The number of carboxylic acids is 1. The second-order valence-electron chi connectivity index (χ2n) is 3.34. The fourth-order valence-electron chi connectivity index (χ4n) is 1.78. The molecule has 0 bridgehead atoms. The van der Waals surface area contributed by atoms with Crippen molar-refractivity contribution in [1.82, 2.24) is 5.32 Å². The molecule has 0 spiro atoms. The Morgan fingerprint density at radius 3 is 3.00 bits per heavy atom. The molecule has 3 nitrogen and oxygen atoms in total. The van der Waals surface area contributed by atoms with Crippen molar-refractivity contribution < 1.29 is 14.3 Å². The van der Waals surface area contributed by atoms with Crippen molar-refractivity contribution in [2.45, 2.75) is 5.92 Å². The van der Waals surface area contributed by atoms with E-state index in [2.05, 4.69) is 5.32 Å². The van der Waals surface area contributed by atoms with Crippen LogP contribution in [0, 0.1) is 11.7 Å². The first kappa shape index (κ1) is 9.61. The molecular formula is C9H10FNO2S. The Kier molecular flexibility index (Phi) is 2.52. The number of rotatable bonds is 2. The van der Waals surface area contributed by atoms with Gasteiger partial charge in [0, 0.05) is 23.9 Å². The van der Waals surface area contributed by atoms with Crippen molar-refractivity contribution in [2.24, 2.45) is 5.92 Å². The lowest BCUT2D eigenvalue weighted by molar-refractivity contribution is -0.141. The molecule has 5 heteroatoms. The molecule has 0 saturated carbocycles. The summed E-state index contributed by atoms with van der Waals surface area (Å²) in [6.45, 7) is 0.978. The van der Waals surface area contributed by atoms with Crippen molar-refractivity contribution in [1.29, 1.82) is 0 Å². The standard InChI is InChI=1S/C9H10FNO2S/c10-7-1-2-14-8(7)5-3-11-4-6(5)9(12)13/h1-2,5-6,11H,3-4H2,(H,12,13). The van der Waals surface area contributed by atoms with Crippen LogP contribution in [-0.4, -0.2) is 24.2 Å². The number of hydrogen-bond donors (Lipinski definition) is 2. The zero-order valence-corrected chi connectivity index (χ0v) is 8.18. The number of carboxylic acid groups (broad SMARTS) is 1. The summed E-state index contributed by atoms with van der Waals surface area (Å²) in [4.78, 5) is 11.4. The SMILES string of the molecule is O=C(O)C1CNCC1c1sccc1F. The van der Waals surface area contributed by atoms with Crippen molar-refractivity contribution >= 4 is 17.3 Å².